The first-order chi connectivity index (χ1) is 12.3. The van der Waals surface area contributed by atoms with Crippen LogP contribution in [0.25, 0.3) is 27.5 Å². The summed E-state index contributed by atoms with van der Waals surface area (Å²) in [4.78, 5) is 4.09. The summed E-state index contributed by atoms with van der Waals surface area (Å²) in [5.74, 6) is 0. The van der Waals surface area contributed by atoms with Crippen LogP contribution in [-0.4, -0.2) is 4.98 Å². The third-order valence-corrected chi connectivity index (χ3v) is 4.18. The van der Waals surface area contributed by atoms with E-state index in [0.717, 1.165) is 6.42 Å². The third-order valence-electron chi connectivity index (χ3n) is 4.18. The molecule has 0 radical (unpaired) electrons. The topological polar surface area (TPSA) is 12.9 Å². The van der Waals surface area contributed by atoms with Crippen molar-refractivity contribution in [2.75, 3.05) is 0 Å². The molecule has 0 aliphatic rings. The Morgan fingerprint density at radius 2 is 1.68 bits per heavy atom. The fourth-order valence-electron chi connectivity index (χ4n) is 2.88. The van der Waals surface area contributed by atoms with Gasteiger partial charge in [-0.25, -0.2) is 0 Å². The zero-order chi connectivity index (χ0) is 17.5. The molecular weight excluding hydrogens is 302 g/mol. The zero-order valence-corrected chi connectivity index (χ0v) is 14.8. The predicted molar refractivity (Wildman–Crippen MR) is 109 cm³/mol. The highest BCUT2D eigenvalue weighted by molar-refractivity contribution is 5.91. The fraction of sp³-hybridized carbons (Fsp3) is 0.125. The minimum atomic E-state index is 1.05. The van der Waals surface area contributed by atoms with Gasteiger partial charge >= 0.3 is 0 Å². The maximum absolute atomic E-state index is 4.09. The van der Waals surface area contributed by atoms with Gasteiger partial charge in [-0.1, -0.05) is 61.6 Å². The van der Waals surface area contributed by atoms with E-state index in [2.05, 4.69) is 85.6 Å². The molecule has 1 nitrogen and oxygen atoms in total. The molecule has 0 unspecified atom stereocenters. The molecule has 1 aromatic heterocycles. The lowest BCUT2D eigenvalue weighted by Crippen LogP contribution is -1.84. The minimum absolute atomic E-state index is 1.05. The van der Waals surface area contributed by atoms with Crippen molar-refractivity contribution in [3.8, 4) is 11.1 Å². The van der Waals surface area contributed by atoms with E-state index < -0.39 is 0 Å². The van der Waals surface area contributed by atoms with Gasteiger partial charge in [-0.15, -0.1) is 0 Å². The summed E-state index contributed by atoms with van der Waals surface area (Å²) in [5, 5.41) is 2.51. The number of hydrogen-bond acceptors (Lipinski definition) is 1. The zero-order valence-electron chi connectivity index (χ0n) is 14.8. The summed E-state index contributed by atoms with van der Waals surface area (Å²) in [6.07, 6.45) is 15.4. The molecule has 25 heavy (non-hydrogen) atoms. The lowest BCUT2D eigenvalue weighted by molar-refractivity contribution is 1.22. The highest BCUT2D eigenvalue weighted by Gasteiger charge is 2.03. The summed E-state index contributed by atoms with van der Waals surface area (Å²) < 4.78 is 0. The summed E-state index contributed by atoms with van der Waals surface area (Å²) in [6, 6.07) is 17.4. The van der Waals surface area contributed by atoms with E-state index >= 15 is 0 Å². The first-order valence-electron chi connectivity index (χ1n) is 8.76. The molecule has 2 aromatic carbocycles. The van der Waals surface area contributed by atoms with Gasteiger partial charge in [-0.05, 0) is 70.6 Å². The Hall–Kier alpha value is -2.93. The van der Waals surface area contributed by atoms with Crippen LogP contribution in [0.1, 0.15) is 25.8 Å². The van der Waals surface area contributed by atoms with Crippen LogP contribution >= 0.6 is 0 Å². The molecule has 0 aliphatic heterocycles. The Kier molecular flexibility index (Phi) is 5.58. The van der Waals surface area contributed by atoms with E-state index in [-0.39, 0.29) is 0 Å². The van der Waals surface area contributed by atoms with Crippen molar-refractivity contribution in [3.05, 3.63) is 96.9 Å². The molecule has 3 aromatic rings. The molecule has 0 saturated heterocycles. The number of allylic oxidation sites excluding steroid dienone is 6. The van der Waals surface area contributed by atoms with Gasteiger partial charge in [0.1, 0.15) is 0 Å². The van der Waals surface area contributed by atoms with Crippen molar-refractivity contribution in [1.29, 1.82) is 0 Å². The Balaban J connectivity index is 2.00. The Labute approximate surface area is 150 Å². The summed E-state index contributed by atoms with van der Waals surface area (Å²) in [6.45, 7) is 4.20. The van der Waals surface area contributed by atoms with Gasteiger partial charge < -0.3 is 0 Å². The summed E-state index contributed by atoms with van der Waals surface area (Å²) in [7, 11) is 0. The Morgan fingerprint density at radius 3 is 2.44 bits per heavy atom. The highest BCUT2D eigenvalue weighted by atomic mass is 14.6. The van der Waals surface area contributed by atoms with Gasteiger partial charge in [-0.2, -0.15) is 0 Å². The minimum Gasteiger partial charge on any atom is -0.265 e. The molecule has 0 N–H and O–H groups in total. The number of fused-ring (bicyclic) bond motifs is 1. The molecular formula is C24H23N. The second kappa shape index (κ2) is 8.25. The van der Waals surface area contributed by atoms with Crippen LogP contribution in [0, 0.1) is 0 Å². The smallest absolute Gasteiger partial charge is 0.0273 e. The number of benzene rings is 2. The average molecular weight is 325 g/mol. The Bertz CT molecular complexity index is 931. The standard InChI is InChI=1S/C24H23N/c1-3-5-6-8-19(7-4-2)21-9-11-24-18-22(10-12-23(24)17-21)20-13-15-25-16-14-20/h4-18H,3H2,1-2H3/b6-5+,7-4-,19-8+. The molecule has 0 fully saturated rings. The molecule has 1 heterocycles. The van der Waals surface area contributed by atoms with Crippen LogP contribution < -0.4 is 0 Å². The second-order valence-corrected chi connectivity index (χ2v) is 5.97. The monoisotopic (exact) mass is 325 g/mol. The number of hydrogen-bond donors (Lipinski definition) is 0. The van der Waals surface area contributed by atoms with E-state index in [0.29, 0.717) is 0 Å². The molecule has 0 bridgehead atoms. The van der Waals surface area contributed by atoms with E-state index in [4.69, 9.17) is 0 Å². The molecule has 1 heteroatoms. The van der Waals surface area contributed by atoms with Gasteiger partial charge in [0.15, 0.2) is 0 Å². The van der Waals surface area contributed by atoms with Crippen molar-refractivity contribution < 1.29 is 0 Å². The SMILES string of the molecule is C\C=C/C(=C\C=C\CC)c1ccc2cc(-c3ccncc3)ccc2c1. The van der Waals surface area contributed by atoms with Gasteiger partial charge in [0.2, 0.25) is 0 Å². The van der Waals surface area contributed by atoms with Gasteiger partial charge in [0.25, 0.3) is 0 Å². The van der Waals surface area contributed by atoms with Crippen molar-refractivity contribution in [2.45, 2.75) is 20.3 Å². The summed E-state index contributed by atoms with van der Waals surface area (Å²) in [5.41, 5.74) is 4.88. The first-order valence-corrected chi connectivity index (χ1v) is 8.76. The number of rotatable bonds is 5. The van der Waals surface area contributed by atoms with Crippen molar-refractivity contribution in [2.24, 2.45) is 0 Å². The lowest BCUT2D eigenvalue weighted by atomic mass is 9.97. The molecule has 3 rings (SSSR count). The highest BCUT2D eigenvalue weighted by Crippen LogP contribution is 2.27. The number of pyridine rings is 1. The predicted octanol–water partition coefficient (Wildman–Crippen LogP) is 6.83. The van der Waals surface area contributed by atoms with Crippen molar-refractivity contribution in [3.63, 3.8) is 0 Å². The van der Waals surface area contributed by atoms with Crippen LogP contribution in [-0.2, 0) is 0 Å². The normalized spacial score (nSPS) is 12.5. The lowest BCUT2D eigenvalue weighted by Gasteiger charge is -2.07. The van der Waals surface area contributed by atoms with Crippen molar-refractivity contribution >= 4 is 16.3 Å². The van der Waals surface area contributed by atoms with E-state index in [1.807, 2.05) is 24.5 Å². The van der Waals surface area contributed by atoms with Crippen LogP contribution in [0.3, 0.4) is 0 Å². The van der Waals surface area contributed by atoms with E-state index in [1.54, 1.807) is 0 Å². The van der Waals surface area contributed by atoms with Crippen LogP contribution in [0.4, 0.5) is 0 Å². The number of nitrogens with zero attached hydrogens (tertiary/aromatic N) is 1. The third kappa shape index (κ3) is 4.13. The van der Waals surface area contributed by atoms with Crippen molar-refractivity contribution in [1.82, 2.24) is 4.98 Å². The maximum Gasteiger partial charge on any atom is 0.0273 e. The van der Waals surface area contributed by atoms with Gasteiger partial charge in [-0.3, -0.25) is 4.98 Å². The molecule has 0 amide bonds. The maximum atomic E-state index is 4.09. The first kappa shape index (κ1) is 16.9. The van der Waals surface area contributed by atoms with Crippen LogP contribution in [0.15, 0.2) is 91.3 Å². The Morgan fingerprint density at radius 1 is 0.920 bits per heavy atom. The van der Waals surface area contributed by atoms with Crippen LogP contribution in [0.5, 0.6) is 0 Å². The largest absolute Gasteiger partial charge is 0.265 e. The van der Waals surface area contributed by atoms with Crippen LogP contribution in [0.2, 0.25) is 0 Å². The van der Waals surface area contributed by atoms with Gasteiger partial charge in [0, 0.05) is 12.4 Å². The van der Waals surface area contributed by atoms with E-state index in [9.17, 15) is 0 Å². The molecule has 124 valence electrons. The number of aromatic nitrogens is 1. The molecule has 0 atom stereocenters. The quantitative estimate of drug-likeness (QED) is 0.469. The summed E-state index contributed by atoms with van der Waals surface area (Å²) >= 11 is 0. The van der Waals surface area contributed by atoms with Gasteiger partial charge in [0.05, 0.1) is 0 Å². The fourth-order valence-corrected chi connectivity index (χ4v) is 2.88. The van der Waals surface area contributed by atoms with E-state index in [1.165, 1.54) is 33.0 Å². The molecule has 0 aliphatic carbocycles. The average Bonchev–Trinajstić information content (AvgIpc) is 2.67. The second-order valence-electron chi connectivity index (χ2n) is 5.97. The molecule has 0 spiro atoms. The molecule has 0 saturated carbocycles.